The number of benzene rings is 1. The topological polar surface area (TPSA) is 80.3 Å². The number of pyridine rings is 1. The summed E-state index contributed by atoms with van der Waals surface area (Å²) in [4.78, 5) is 4.69. The lowest BCUT2D eigenvalue weighted by Gasteiger charge is -2.49. The van der Waals surface area contributed by atoms with E-state index in [1.165, 1.54) is 17.5 Å². The molecular formula is C23H31ClFN3O3S. The normalized spacial score (nSPS) is 19.3. The molecule has 2 aromatic rings. The third-order valence-corrected chi connectivity index (χ3v) is 7.85. The van der Waals surface area contributed by atoms with Crippen LogP contribution in [-0.4, -0.2) is 45.5 Å². The molecule has 1 unspecified atom stereocenters. The van der Waals surface area contributed by atoms with Gasteiger partial charge in [0.15, 0.2) is 0 Å². The van der Waals surface area contributed by atoms with Gasteiger partial charge in [-0.05, 0) is 67.6 Å². The van der Waals surface area contributed by atoms with Gasteiger partial charge in [0.25, 0.3) is 0 Å². The third-order valence-electron chi connectivity index (χ3n) is 6.38. The maximum atomic E-state index is 12.2. The van der Waals surface area contributed by atoms with Gasteiger partial charge in [-0.15, -0.1) is 12.4 Å². The van der Waals surface area contributed by atoms with Crippen LogP contribution in [0, 0.1) is 0 Å². The lowest BCUT2D eigenvalue weighted by atomic mass is 9.59. The van der Waals surface area contributed by atoms with Gasteiger partial charge in [-0.2, -0.15) is 0 Å². The van der Waals surface area contributed by atoms with E-state index in [4.69, 9.17) is 4.74 Å². The minimum absolute atomic E-state index is 0. The SMILES string of the molecule is Cl.O=S(=O)(CCCF)NCCOc1ccc2c(c1)C(C1(c3ccccn3)CCC1)NCC2. The van der Waals surface area contributed by atoms with Crippen LogP contribution < -0.4 is 14.8 Å². The van der Waals surface area contributed by atoms with Crippen LogP contribution in [0.1, 0.15) is 48.5 Å². The Morgan fingerprint density at radius 1 is 1.25 bits per heavy atom. The first-order valence-corrected chi connectivity index (χ1v) is 12.6. The summed E-state index contributed by atoms with van der Waals surface area (Å²) in [5.41, 5.74) is 3.71. The Hall–Kier alpha value is -1.74. The highest BCUT2D eigenvalue weighted by molar-refractivity contribution is 7.89. The van der Waals surface area contributed by atoms with E-state index in [9.17, 15) is 12.8 Å². The van der Waals surface area contributed by atoms with E-state index in [1.807, 2.05) is 18.3 Å². The molecule has 1 aromatic carbocycles. The van der Waals surface area contributed by atoms with Crippen molar-refractivity contribution in [2.24, 2.45) is 0 Å². The molecule has 2 aliphatic rings. The number of alkyl halides is 1. The second-order valence-electron chi connectivity index (χ2n) is 8.33. The summed E-state index contributed by atoms with van der Waals surface area (Å²) in [6.07, 6.45) is 6.25. The molecule has 1 saturated carbocycles. The molecule has 6 nitrogen and oxygen atoms in total. The van der Waals surface area contributed by atoms with E-state index < -0.39 is 16.7 Å². The summed E-state index contributed by atoms with van der Waals surface area (Å²) < 4.78 is 44.0. The van der Waals surface area contributed by atoms with Gasteiger partial charge in [0.2, 0.25) is 10.0 Å². The number of nitrogens with zero attached hydrogens (tertiary/aromatic N) is 1. The van der Waals surface area contributed by atoms with Crippen molar-refractivity contribution in [3.8, 4) is 5.75 Å². The van der Waals surface area contributed by atoms with Gasteiger partial charge in [0, 0.05) is 29.9 Å². The Labute approximate surface area is 195 Å². The molecule has 0 saturated heterocycles. The number of aromatic nitrogens is 1. The molecule has 1 aromatic heterocycles. The van der Waals surface area contributed by atoms with Gasteiger partial charge >= 0.3 is 0 Å². The van der Waals surface area contributed by atoms with Crippen LogP contribution in [0.3, 0.4) is 0 Å². The molecule has 1 aliphatic carbocycles. The molecule has 1 aliphatic heterocycles. The summed E-state index contributed by atoms with van der Waals surface area (Å²) in [6.45, 7) is 0.678. The van der Waals surface area contributed by atoms with E-state index in [2.05, 4.69) is 39.3 Å². The van der Waals surface area contributed by atoms with Gasteiger partial charge < -0.3 is 10.1 Å². The van der Waals surface area contributed by atoms with Crippen LogP contribution in [0.4, 0.5) is 4.39 Å². The van der Waals surface area contributed by atoms with Crippen LogP contribution >= 0.6 is 12.4 Å². The highest BCUT2D eigenvalue weighted by Crippen LogP contribution is 2.53. The van der Waals surface area contributed by atoms with E-state index in [0.29, 0.717) is 0 Å². The maximum absolute atomic E-state index is 12.2. The van der Waals surface area contributed by atoms with Crippen LogP contribution in [0.15, 0.2) is 42.6 Å². The molecule has 2 N–H and O–H groups in total. The molecule has 0 radical (unpaired) electrons. The zero-order chi connectivity index (χ0) is 21.7. The van der Waals surface area contributed by atoms with Gasteiger partial charge in [0.05, 0.1) is 12.4 Å². The molecule has 2 heterocycles. The molecule has 0 bridgehead atoms. The van der Waals surface area contributed by atoms with E-state index in [0.717, 1.165) is 37.3 Å². The number of hydrogen-bond donors (Lipinski definition) is 2. The highest BCUT2D eigenvalue weighted by atomic mass is 35.5. The standard InChI is InChI=1S/C23H30FN3O3S.ClH/c24-11-4-16-31(28,29)27-14-15-30-19-7-6-18-8-13-26-22(20(18)17-19)23(9-3-10-23)21-5-1-2-12-25-21;/h1-2,5-7,12,17,22,26-27H,3-4,8-11,13-16H2;1H. The van der Waals surface area contributed by atoms with Crippen molar-refractivity contribution in [2.45, 2.75) is 43.6 Å². The summed E-state index contributed by atoms with van der Waals surface area (Å²) in [6, 6.07) is 12.5. The summed E-state index contributed by atoms with van der Waals surface area (Å²) in [5.74, 6) is 0.525. The molecule has 1 atom stereocenters. The first kappa shape index (κ1) is 24.9. The number of nitrogens with one attached hydrogen (secondary N) is 2. The van der Waals surface area contributed by atoms with E-state index in [1.54, 1.807) is 0 Å². The molecule has 1 fully saturated rings. The number of rotatable bonds is 10. The molecule has 32 heavy (non-hydrogen) atoms. The smallest absolute Gasteiger partial charge is 0.211 e. The van der Waals surface area contributed by atoms with Crippen LogP contribution in [0.5, 0.6) is 5.75 Å². The van der Waals surface area contributed by atoms with Crippen molar-refractivity contribution >= 4 is 22.4 Å². The number of hydrogen-bond acceptors (Lipinski definition) is 5. The quantitative estimate of drug-likeness (QED) is 0.506. The Kier molecular flexibility index (Phi) is 8.49. The van der Waals surface area contributed by atoms with Crippen molar-refractivity contribution in [3.63, 3.8) is 0 Å². The van der Waals surface area contributed by atoms with Gasteiger partial charge in [0.1, 0.15) is 12.4 Å². The Morgan fingerprint density at radius 3 is 2.78 bits per heavy atom. The van der Waals surface area contributed by atoms with Crippen LogP contribution in [-0.2, 0) is 21.9 Å². The Morgan fingerprint density at radius 2 is 2.09 bits per heavy atom. The summed E-state index contributed by atoms with van der Waals surface area (Å²) in [5, 5.41) is 3.73. The molecular weight excluding hydrogens is 453 g/mol. The van der Waals surface area contributed by atoms with Crippen molar-refractivity contribution in [1.29, 1.82) is 0 Å². The van der Waals surface area contributed by atoms with Crippen LogP contribution in [0.2, 0.25) is 0 Å². The fourth-order valence-electron chi connectivity index (χ4n) is 4.70. The van der Waals surface area contributed by atoms with Crippen molar-refractivity contribution < 1.29 is 17.5 Å². The highest BCUT2D eigenvalue weighted by Gasteiger charge is 2.48. The Bertz CT molecular complexity index is 987. The third kappa shape index (κ3) is 5.42. The first-order valence-electron chi connectivity index (χ1n) is 11.0. The van der Waals surface area contributed by atoms with Gasteiger partial charge in [-0.3, -0.25) is 9.37 Å². The second kappa shape index (κ2) is 10.9. The fraction of sp³-hybridized carbons (Fsp3) is 0.522. The minimum atomic E-state index is -3.45. The maximum Gasteiger partial charge on any atom is 0.211 e. The van der Waals surface area contributed by atoms with Gasteiger partial charge in [-0.1, -0.05) is 18.6 Å². The number of sulfonamides is 1. The van der Waals surface area contributed by atoms with Crippen molar-refractivity contribution in [3.05, 3.63) is 59.4 Å². The van der Waals surface area contributed by atoms with E-state index in [-0.39, 0.29) is 49.2 Å². The lowest BCUT2D eigenvalue weighted by molar-refractivity contribution is 0.159. The number of ether oxygens (including phenoxy) is 1. The van der Waals surface area contributed by atoms with Crippen molar-refractivity contribution in [1.82, 2.24) is 15.0 Å². The van der Waals surface area contributed by atoms with E-state index >= 15 is 0 Å². The molecule has 176 valence electrons. The largest absolute Gasteiger partial charge is 0.492 e. The second-order valence-corrected chi connectivity index (χ2v) is 10.3. The average Bonchev–Trinajstić information content (AvgIpc) is 2.76. The molecule has 0 amide bonds. The first-order chi connectivity index (χ1) is 15.0. The zero-order valence-electron chi connectivity index (χ0n) is 18.1. The average molecular weight is 484 g/mol. The summed E-state index contributed by atoms with van der Waals surface area (Å²) in [7, 11) is -3.45. The Balaban J connectivity index is 0.00000289. The monoisotopic (exact) mass is 483 g/mol. The predicted octanol–water partition coefficient (Wildman–Crippen LogP) is 3.47. The summed E-state index contributed by atoms with van der Waals surface area (Å²) >= 11 is 0. The van der Waals surface area contributed by atoms with Crippen molar-refractivity contribution in [2.75, 3.05) is 32.1 Å². The predicted molar refractivity (Wildman–Crippen MR) is 126 cm³/mol. The molecule has 9 heteroatoms. The number of halogens is 2. The molecule has 0 spiro atoms. The molecule has 4 rings (SSSR count). The lowest BCUT2D eigenvalue weighted by Crippen LogP contribution is -2.49. The van der Waals surface area contributed by atoms with Crippen LogP contribution in [0.25, 0.3) is 0 Å². The fourth-order valence-corrected chi connectivity index (χ4v) is 5.73. The van der Waals surface area contributed by atoms with Gasteiger partial charge in [-0.25, -0.2) is 13.1 Å². The zero-order valence-corrected chi connectivity index (χ0v) is 19.7. The minimum Gasteiger partial charge on any atom is -0.492 e. The number of fused-ring (bicyclic) bond motifs is 1.